The summed E-state index contributed by atoms with van der Waals surface area (Å²) in [5, 5.41) is 0.552. The molecule has 0 atom stereocenters. The molecule has 152 valence electrons. The average molecular weight is 421 g/mol. The number of hydrogen-bond donors (Lipinski definition) is 1. The summed E-state index contributed by atoms with van der Waals surface area (Å²) >= 11 is 1.45. The van der Waals surface area contributed by atoms with E-state index in [1.54, 1.807) is 12.1 Å². The molecule has 0 saturated heterocycles. The minimum absolute atomic E-state index is 0.146. The molecule has 0 amide bonds. The molecular weight excluding hydrogens is 402 g/mol. The largest absolute Gasteiger partial charge is 0.481 e. The minimum atomic E-state index is -0.560. The Hall–Kier alpha value is -3.52. The minimum Gasteiger partial charge on any atom is -0.481 e. The number of nitrogens with zero attached hydrogens (tertiary/aromatic N) is 2. The number of carbonyl (C=O) groups excluding carboxylic acids is 1. The summed E-state index contributed by atoms with van der Waals surface area (Å²) in [5.41, 5.74) is 3.04. The van der Waals surface area contributed by atoms with E-state index < -0.39 is 5.97 Å². The van der Waals surface area contributed by atoms with Gasteiger partial charge in [-0.1, -0.05) is 29.8 Å². The summed E-state index contributed by atoms with van der Waals surface area (Å²) in [5.74, 6) is 0.134. The highest BCUT2D eigenvalue weighted by Crippen LogP contribution is 2.35. The van der Waals surface area contributed by atoms with Gasteiger partial charge in [-0.25, -0.2) is 14.8 Å². The second kappa shape index (κ2) is 8.08. The third-order valence-corrected chi connectivity index (χ3v) is 5.65. The summed E-state index contributed by atoms with van der Waals surface area (Å²) in [6, 6.07) is 11.2. The molecule has 0 aliphatic carbocycles. The van der Waals surface area contributed by atoms with Gasteiger partial charge in [0, 0.05) is 22.7 Å². The number of aryl methyl sites for hydroxylation is 2. The lowest BCUT2D eigenvalue weighted by Crippen LogP contribution is -2.14. The van der Waals surface area contributed by atoms with E-state index in [0.717, 1.165) is 21.6 Å². The van der Waals surface area contributed by atoms with Gasteiger partial charge < -0.3 is 14.5 Å². The Bertz CT molecular complexity index is 1270. The molecule has 8 heteroatoms. The number of fused-ring (bicyclic) bond motifs is 1. The number of hydrogen-bond acceptors (Lipinski definition) is 7. The molecule has 0 unspecified atom stereocenters. The van der Waals surface area contributed by atoms with Crippen molar-refractivity contribution in [3.8, 4) is 17.0 Å². The zero-order valence-electron chi connectivity index (χ0n) is 16.7. The van der Waals surface area contributed by atoms with Crippen LogP contribution in [0.4, 0.5) is 0 Å². The fraction of sp³-hybridized carbons (Fsp3) is 0.182. The van der Waals surface area contributed by atoms with Crippen molar-refractivity contribution in [1.82, 2.24) is 15.0 Å². The molecule has 1 N–H and O–H groups in total. The van der Waals surface area contributed by atoms with Crippen molar-refractivity contribution in [2.24, 2.45) is 0 Å². The zero-order chi connectivity index (χ0) is 21.3. The van der Waals surface area contributed by atoms with Gasteiger partial charge in [-0.15, -0.1) is 11.3 Å². The number of H-pyrrole nitrogens is 1. The van der Waals surface area contributed by atoms with Gasteiger partial charge >= 0.3 is 5.97 Å². The lowest BCUT2D eigenvalue weighted by Gasteiger charge is -2.06. The average Bonchev–Trinajstić information content (AvgIpc) is 3.09. The lowest BCUT2D eigenvalue weighted by molar-refractivity contribution is 0.0462. The third-order valence-electron chi connectivity index (χ3n) is 4.65. The molecule has 7 nitrogen and oxygen atoms in total. The van der Waals surface area contributed by atoms with Crippen LogP contribution in [0, 0.1) is 13.8 Å². The van der Waals surface area contributed by atoms with Gasteiger partial charge in [0.2, 0.25) is 5.88 Å². The van der Waals surface area contributed by atoms with Crippen molar-refractivity contribution in [2.75, 3.05) is 7.11 Å². The van der Waals surface area contributed by atoms with Crippen LogP contribution in [-0.4, -0.2) is 28.0 Å². The molecule has 4 rings (SSSR count). The van der Waals surface area contributed by atoms with Crippen LogP contribution >= 0.6 is 11.3 Å². The molecule has 1 aromatic carbocycles. The summed E-state index contributed by atoms with van der Waals surface area (Å²) in [4.78, 5) is 37.9. The summed E-state index contributed by atoms with van der Waals surface area (Å²) in [6.45, 7) is 3.84. The van der Waals surface area contributed by atoms with Crippen LogP contribution in [0.2, 0.25) is 0 Å². The van der Waals surface area contributed by atoms with Crippen LogP contribution < -0.4 is 10.3 Å². The number of benzene rings is 1. The van der Waals surface area contributed by atoms with Gasteiger partial charge in [0.15, 0.2) is 0 Å². The Balaban J connectivity index is 1.60. The van der Waals surface area contributed by atoms with E-state index in [4.69, 9.17) is 9.47 Å². The van der Waals surface area contributed by atoms with Crippen molar-refractivity contribution in [3.05, 3.63) is 74.8 Å². The highest BCUT2D eigenvalue weighted by atomic mass is 32.1. The fourth-order valence-corrected chi connectivity index (χ4v) is 4.20. The van der Waals surface area contributed by atoms with Crippen molar-refractivity contribution in [3.63, 3.8) is 0 Å². The van der Waals surface area contributed by atoms with Gasteiger partial charge in [-0.2, -0.15) is 0 Å². The number of pyridine rings is 1. The smallest absolute Gasteiger partial charge is 0.340 e. The van der Waals surface area contributed by atoms with Gasteiger partial charge in [0.1, 0.15) is 17.3 Å². The second-order valence-corrected chi connectivity index (χ2v) is 7.96. The van der Waals surface area contributed by atoms with E-state index in [9.17, 15) is 9.59 Å². The first kappa shape index (κ1) is 19.8. The predicted molar refractivity (Wildman–Crippen MR) is 115 cm³/mol. The Labute approximate surface area is 176 Å². The van der Waals surface area contributed by atoms with Gasteiger partial charge in [0.05, 0.1) is 18.1 Å². The number of aromatic nitrogens is 3. The first-order valence-corrected chi connectivity index (χ1v) is 10.0. The molecule has 0 spiro atoms. The van der Waals surface area contributed by atoms with E-state index in [1.807, 2.05) is 38.1 Å². The number of thiophene rings is 1. The zero-order valence-corrected chi connectivity index (χ0v) is 17.5. The topological polar surface area (TPSA) is 94.2 Å². The highest BCUT2D eigenvalue weighted by molar-refractivity contribution is 7.19. The molecule has 0 fully saturated rings. The Kier molecular flexibility index (Phi) is 5.33. The predicted octanol–water partition coefficient (Wildman–Crippen LogP) is 4.03. The third kappa shape index (κ3) is 3.81. The first-order valence-electron chi connectivity index (χ1n) is 9.22. The molecule has 0 saturated carbocycles. The molecule has 0 radical (unpaired) electrons. The van der Waals surface area contributed by atoms with E-state index in [-0.39, 0.29) is 17.7 Å². The molecule has 0 aliphatic rings. The summed E-state index contributed by atoms with van der Waals surface area (Å²) < 4.78 is 10.2. The molecule has 0 bridgehead atoms. The van der Waals surface area contributed by atoms with Crippen molar-refractivity contribution < 1.29 is 14.3 Å². The van der Waals surface area contributed by atoms with Gasteiger partial charge in [0.25, 0.3) is 5.56 Å². The van der Waals surface area contributed by atoms with Crippen molar-refractivity contribution in [1.29, 1.82) is 0 Å². The van der Waals surface area contributed by atoms with E-state index in [1.165, 1.54) is 24.6 Å². The van der Waals surface area contributed by atoms with Gasteiger partial charge in [-0.3, -0.25) is 4.79 Å². The van der Waals surface area contributed by atoms with E-state index in [0.29, 0.717) is 21.9 Å². The maximum absolute atomic E-state index is 12.8. The number of nitrogens with one attached hydrogen (secondary N) is 1. The number of esters is 1. The summed E-state index contributed by atoms with van der Waals surface area (Å²) in [6.07, 6.45) is 1.37. The molecule has 3 heterocycles. The van der Waals surface area contributed by atoms with Crippen molar-refractivity contribution >= 4 is 27.5 Å². The standard InChI is InChI=1S/C22H19N3O4S/c1-12-4-6-14(7-5-12)18-13(2)30-21-19(18)20(26)24-16(25-21)11-29-22(27)15-8-9-17(28-3)23-10-15/h4-10H,11H2,1-3H3,(H,24,25,26). The maximum atomic E-state index is 12.8. The monoisotopic (exact) mass is 421 g/mol. The van der Waals surface area contributed by atoms with Gasteiger partial charge in [-0.05, 0) is 25.5 Å². The molecule has 0 aliphatic heterocycles. The van der Waals surface area contributed by atoms with Crippen LogP contribution in [0.15, 0.2) is 47.4 Å². The van der Waals surface area contributed by atoms with E-state index >= 15 is 0 Å². The van der Waals surface area contributed by atoms with Crippen LogP contribution in [0.3, 0.4) is 0 Å². The quantitative estimate of drug-likeness (QED) is 0.489. The highest BCUT2D eigenvalue weighted by Gasteiger charge is 2.17. The van der Waals surface area contributed by atoms with Crippen molar-refractivity contribution in [2.45, 2.75) is 20.5 Å². The number of ether oxygens (including phenoxy) is 2. The number of rotatable bonds is 5. The summed E-state index contributed by atoms with van der Waals surface area (Å²) in [7, 11) is 1.50. The molecular formula is C22H19N3O4S. The molecule has 4 aromatic rings. The maximum Gasteiger partial charge on any atom is 0.340 e. The second-order valence-electron chi connectivity index (χ2n) is 6.76. The van der Waals surface area contributed by atoms with Crippen LogP contribution in [-0.2, 0) is 11.3 Å². The SMILES string of the molecule is COc1ccc(C(=O)OCc2nc3sc(C)c(-c4ccc(C)cc4)c3c(=O)[nH]2)cn1. The Morgan fingerprint density at radius 3 is 2.57 bits per heavy atom. The number of carbonyl (C=O) groups is 1. The van der Waals surface area contributed by atoms with E-state index in [2.05, 4.69) is 15.0 Å². The Morgan fingerprint density at radius 2 is 1.90 bits per heavy atom. The molecule has 30 heavy (non-hydrogen) atoms. The lowest BCUT2D eigenvalue weighted by atomic mass is 10.0. The Morgan fingerprint density at radius 1 is 1.13 bits per heavy atom. The van der Waals surface area contributed by atoms with Crippen LogP contribution in [0.25, 0.3) is 21.3 Å². The van der Waals surface area contributed by atoms with Crippen LogP contribution in [0.1, 0.15) is 26.6 Å². The number of aromatic amines is 1. The first-order chi connectivity index (χ1) is 14.5. The normalized spacial score (nSPS) is 10.9. The molecule has 3 aromatic heterocycles. The number of methoxy groups -OCH3 is 1. The fourth-order valence-electron chi connectivity index (χ4n) is 3.14. The van der Waals surface area contributed by atoms with Crippen LogP contribution in [0.5, 0.6) is 5.88 Å².